The Labute approximate surface area is 282 Å². The lowest BCUT2D eigenvalue weighted by Gasteiger charge is -2.44. The van der Waals surface area contributed by atoms with Gasteiger partial charge in [-0.3, -0.25) is 9.59 Å². The summed E-state index contributed by atoms with van der Waals surface area (Å²) in [5, 5.41) is 21.1. The minimum absolute atomic E-state index is 0.0389. The van der Waals surface area contributed by atoms with Gasteiger partial charge in [-0.05, 0) is 110 Å². The highest BCUT2D eigenvalue weighted by molar-refractivity contribution is 6.43. The third kappa shape index (κ3) is 7.33. The Balaban J connectivity index is 1.50. The molecule has 13 heteroatoms. The van der Waals surface area contributed by atoms with Crippen LogP contribution in [0.2, 0.25) is 6.32 Å². The number of allylic oxidation sites excluding steroid dienone is 2. The average molecular weight is 692 g/mol. The molecular formula is C36H40BF6NO5. The Hall–Kier alpha value is -3.58. The molecule has 6 nitrogen and oxygen atoms in total. The molecular weight excluding hydrogens is 651 g/mol. The normalized spacial score (nSPS) is 23.5. The SMILES string of the molecule is CCC/C(=C\c1cc(C)c(O)c(C)c1)CC[C@H]1OB(O)C[C@H]2C1=C(C(C)C)C[C@H]1C(=O)N(c3cc(C(F)(F)F)cc(C(F)(F)F)c3)C(=O)[C@H]12. The van der Waals surface area contributed by atoms with E-state index in [4.69, 9.17) is 4.65 Å². The fourth-order valence-corrected chi connectivity index (χ4v) is 7.79. The van der Waals surface area contributed by atoms with Crippen LogP contribution >= 0.6 is 0 Å². The molecule has 0 saturated carbocycles. The van der Waals surface area contributed by atoms with E-state index in [1.54, 1.807) is 0 Å². The average Bonchev–Trinajstić information content (AvgIpc) is 3.26. The van der Waals surface area contributed by atoms with Crippen molar-refractivity contribution in [3.8, 4) is 5.75 Å². The third-order valence-corrected chi connectivity index (χ3v) is 9.95. The summed E-state index contributed by atoms with van der Waals surface area (Å²) in [6.07, 6.45) is -6.17. The maximum Gasteiger partial charge on any atom is 0.455 e. The van der Waals surface area contributed by atoms with E-state index in [0.717, 1.165) is 46.3 Å². The van der Waals surface area contributed by atoms with Crippen LogP contribution in [0.4, 0.5) is 32.0 Å². The minimum atomic E-state index is -5.16. The van der Waals surface area contributed by atoms with Crippen molar-refractivity contribution in [2.24, 2.45) is 23.7 Å². The summed E-state index contributed by atoms with van der Waals surface area (Å²) in [5.74, 6) is -4.40. The van der Waals surface area contributed by atoms with E-state index >= 15 is 0 Å². The van der Waals surface area contributed by atoms with Crippen LogP contribution in [-0.2, 0) is 26.6 Å². The Morgan fingerprint density at radius 1 is 0.959 bits per heavy atom. The molecule has 2 heterocycles. The van der Waals surface area contributed by atoms with E-state index in [1.807, 2.05) is 39.8 Å². The van der Waals surface area contributed by atoms with Gasteiger partial charge < -0.3 is 14.8 Å². The molecule has 2 amide bonds. The fourth-order valence-electron chi connectivity index (χ4n) is 7.79. The van der Waals surface area contributed by atoms with Crippen LogP contribution < -0.4 is 4.90 Å². The number of imide groups is 1. The van der Waals surface area contributed by atoms with Gasteiger partial charge in [0.15, 0.2) is 0 Å². The molecule has 49 heavy (non-hydrogen) atoms. The molecule has 2 aromatic rings. The van der Waals surface area contributed by atoms with Gasteiger partial charge >= 0.3 is 19.5 Å². The van der Waals surface area contributed by atoms with Crippen molar-refractivity contribution < 1.29 is 50.7 Å². The van der Waals surface area contributed by atoms with Gasteiger partial charge in [0, 0.05) is 0 Å². The number of halogens is 6. The summed E-state index contributed by atoms with van der Waals surface area (Å²) in [5.41, 5.74) is 1.13. The van der Waals surface area contributed by atoms with E-state index in [0.29, 0.717) is 29.9 Å². The highest BCUT2D eigenvalue weighted by atomic mass is 19.4. The molecule has 2 aromatic carbocycles. The molecule has 2 aliphatic heterocycles. The molecule has 1 aliphatic carbocycles. The second-order valence-electron chi connectivity index (χ2n) is 13.8. The number of hydrogen-bond acceptors (Lipinski definition) is 5. The molecule has 264 valence electrons. The van der Waals surface area contributed by atoms with Crippen molar-refractivity contribution in [3.05, 3.63) is 74.9 Å². The van der Waals surface area contributed by atoms with Crippen molar-refractivity contribution in [2.45, 2.75) is 91.5 Å². The fraction of sp³-hybridized carbons (Fsp3) is 0.500. The number of nitrogens with zero attached hydrogens (tertiary/aromatic N) is 1. The van der Waals surface area contributed by atoms with Crippen LogP contribution in [0.3, 0.4) is 0 Å². The Bertz CT molecular complexity index is 1640. The molecule has 2 saturated heterocycles. The van der Waals surface area contributed by atoms with Crippen molar-refractivity contribution in [1.82, 2.24) is 0 Å². The highest BCUT2D eigenvalue weighted by Gasteiger charge is 2.58. The Kier molecular flexibility index (Phi) is 10.2. The van der Waals surface area contributed by atoms with Gasteiger partial charge in [-0.15, -0.1) is 0 Å². The molecule has 5 rings (SSSR count). The highest BCUT2D eigenvalue weighted by Crippen LogP contribution is 2.53. The number of alkyl halides is 6. The summed E-state index contributed by atoms with van der Waals surface area (Å²) < 4.78 is 88.2. The van der Waals surface area contributed by atoms with E-state index in [9.17, 15) is 46.1 Å². The molecule has 2 N–H and O–H groups in total. The zero-order valence-corrected chi connectivity index (χ0v) is 28.0. The van der Waals surface area contributed by atoms with Gasteiger partial charge in [-0.2, -0.15) is 26.3 Å². The van der Waals surface area contributed by atoms with Crippen LogP contribution in [0.1, 0.15) is 80.7 Å². The van der Waals surface area contributed by atoms with Crippen LogP contribution in [0, 0.1) is 37.5 Å². The first-order valence-electron chi connectivity index (χ1n) is 16.5. The predicted octanol–water partition coefficient (Wildman–Crippen LogP) is 8.67. The lowest BCUT2D eigenvalue weighted by atomic mass is 9.57. The first kappa shape index (κ1) is 36.7. The second kappa shape index (κ2) is 13.6. The molecule has 3 aliphatic rings. The quantitative estimate of drug-likeness (QED) is 0.125. The zero-order chi connectivity index (χ0) is 36.2. The number of rotatable bonds is 8. The van der Waals surface area contributed by atoms with E-state index in [2.05, 4.69) is 13.0 Å². The molecule has 0 radical (unpaired) electrons. The number of hydrogen-bond donors (Lipinski definition) is 2. The van der Waals surface area contributed by atoms with Crippen LogP contribution in [0.15, 0.2) is 47.1 Å². The second-order valence-corrected chi connectivity index (χ2v) is 13.8. The number of anilines is 1. The van der Waals surface area contributed by atoms with Crippen LogP contribution in [0.5, 0.6) is 5.75 Å². The smallest absolute Gasteiger partial charge is 0.455 e. The predicted molar refractivity (Wildman–Crippen MR) is 173 cm³/mol. The maximum absolute atomic E-state index is 14.0. The number of carbonyl (C=O) groups excluding carboxylic acids is 2. The number of aromatic hydroxyl groups is 1. The number of amides is 2. The Morgan fingerprint density at radius 2 is 1.55 bits per heavy atom. The van der Waals surface area contributed by atoms with E-state index < -0.39 is 72.0 Å². The van der Waals surface area contributed by atoms with Crippen molar-refractivity contribution in [2.75, 3.05) is 4.90 Å². The summed E-state index contributed by atoms with van der Waals surface area (Å²) in [4.78, 5) is 28.3. The van der Waals surface area contributed by atoms with Gasteiger partial charge in [0.05, 0.1) is 34.8 Å². The van der Waals surface area contributed by atoms with Crippen molar-refractivity contribution in [3.63, 3.8) is 0 Å². The largest absolute Gasteiger partial charge is 0.507 e. The zero-order valence-electron chi connectivity index (χ0n) is 28.0. The molecule has 0 spiro atoms. The topological polar surface area (TPSA) is 87.1 Å². The molecule has 0 aromatic heterocycles. The monoisotopic (exact) mass is 691 g/mol. The van der Waals surface area contributed by atoms with Gasteiger partial charge in [0.2, 0.25) is 11.8 Å². The third-order valence-electron chi connectivity index (χ3n) is 9.95. The summed E-state index contributed by atoms with van der Waals surface area (Å²) in [7, 11) is -1.30. The van der Waals surface area contributed by atoms with Gasteiger partial charge in [-0.25, -0.2) is 4.90 Å². The summed E-state index contributed by atoms with van der Waals surface area (Å²) in [6, 6.07) is 4.56. The van der Waals surface area contributed by atoms with Crippen molar-refractivity contribution in [1.29, 1.82) is 0 Å². The number of benzene rings is 2. The summed E-state index contributed by atoms with van der Waals surface area (Å²) >= 11 is 0. The lowest BCUT2D eigenvalue weighted by molar-refractivity contribution is -0.143. The maximum atomic E-state index is 14.0. The van der Waals surface area contributed by atoms with Crippen LogP contribution in [-0.4, -0.2) is 35.2 Å². The van der Waals surface area contributed by atoms with E-state index in [-0.39, 0.29) is 30.5 Å². The van der Waals surface area contributed by atoms with Gasteiger partial charge in [0.1, 0.15) is 5.75 Å². The molecule has 2 fully saturated rings. The van der Waals surface area contributed by atoms with Crippen molar-refractivity contribution >= 4 is 30.7 Å². The number of aryl methyl sites for hydroxylation is 2. The molecule has 0 unspecified atom stereocenters. The van der Waals surface area contributed by atoms with Crippen LogP contribution in [0.25, 0.3) is 6.08 Å². The first-order chi connectivity index (χ1) is 22.8. The van der Waals surface area contributed by atoms with Gasteiger partial charge in [-0.1, -0.05) is 44.4 Å². The lowest BCUT2D eigenvalue weighted by Crippen LogP contribution is -2.46. The number of carbonyl (C=O) groups is 2. The molecule has 0 bridgehead atoms. The van der Waals surface area contributed by atoms with Gasteiger partial charge in [0.25, 0.3) is 0 Å². The Morgan fingerprint density at radius 3 is 2.08 bits per heavy atom. The standard InChI is InChI=1S/C36H40BF6NO5/c1-6-7-21(12-22-10-19(4)32(45)20(5)11-22)8-9-29-30-26(18(2)3)16-27-31(28(30)17-37(48)49-29)34(47)44(33(27)46)25-14-23(35(38,39)40)13-24(15-25)36(41,42)43/h10-15,18,27-29,31,45,48H,6-9,16-17H2,1-5H3/b21-12+/t27-,28+,29-,31-/m1/s1. The number of fused-ring (bicyclic) bond motifs is 3. The number of phenolic OH excluding ortho intramolecular Hbond substituents is 1. The van der Waals surface area contributed by atoms with E-state index in [1.165, 1.54) is 0 Å². The first-order valence-corrected chi connectivity index (χ1v) is 16.5. The summed E-state index contributed by atoms with van der Waals surface area (Å²) in [6.45, 7) is 9.54. The minimum Gasteiger partial charge on any atom is -0.507 e. The molecule has 4 atom stereocenters. The number of phenols is 1.